The van der Waals surface area contributed by atoms with Gasteiger partial charge in [0.1, 0.15) is 0 Å². The van der Waals surface area contributed by atoms with Crippen molar-refractivity contribution in [1.82, 2.24) is 4.90 Å². The molecule has 0 bridgehead atoms. The van der Waals surface area contributed by atoms with Gasteiger partial charge in [0.25, 0.3) is 5.91 Å². The number of carbonyl (C=O) groups is 1. The van der Waals surface area contributed by atoms with Crippen molar-refractivity contribution in [2.24, 2.45) is 0 Å². The summed E-state index contributed by atoms with van der Waals surface area (Å²) in [5.74, 6) is -0.157. The van der Waals surface area contributed by atoms with Crippen LogP contribution in [0.2, 0.25) is 0 Å². The van der Waals surface area contributed by atoms with Crippen LogP contribution < -0.4 is 0 Å². The van der Waals surface area contributed by atoms with Gasteiger partial charge in [0, 0.05) is 19.2 Å². The van der Waals surface area contributed by atoms with E-state index in [1.54, 1.807) is 4.90 Å². The number of nitrogens with zero attached hydrogens (tertiary/aromatic N) is 2. The second-order valence-electron chi connectivity index (χ2n) is 4.36. The van der Waals surface area contributed by atoms with E-state index in [2.05, 4.69) is 0 Å². The summed E-state index contributed by atoms with van der Waals surface area (Å²) in [7, 11) is 0. The van der Waals surface area contributed by atoms with Crippen LogP contribution in [0.1, 0.15) is 23.5 Å². The van der Waals surface area contributed by atoms with Gasteiger partial charge >= 0.3 is 5.00 Å². The van der Waals surface area contributed by atoms with Gasteiger partial charge < -0.3 is 9.64 Å². The van der Waals surface area contributed by atoms with Crippen molar-refractivity contribution in [3.8, 4) is 0 Å². The predicted octanol–water partition coefficient (Wildman–Crippen LogP) is 1.91. The number of morpholine rings is 1. The molecule has 0 saturated carbocycles. The maximum absolute atomic E-state index is 12.2. The minimum Gasteiger partial charge on any atom is -0.372 e. The lowest BCUT2D eigenvalue weighted by Gasteiger charge is -2.35. The summed E-state index contributed by atoms with van der Waals surface area (Å²) < 4.78 is 5.55. The number of nitro groups is 1. The minimum absolute atomic E-state index is 0.00675. The van der Waals surface area contributed by atoms with Crippen LogP contribution >= 0.6 is 11.3 Å². The molecule has 2 atom stereocenters. The summed E-state index contributed by atoms with van der Waals surface area (Å²) in [4.78, 5) is 24.4. The molecule has 0 radical (unpaired) electrons. The Balaban J connectivity index is 2.12. The molecule has 0 N–H and O–H groups in total. The Labute approximate surface area is 108 Å². The summed E-state index contributed by atoms with van der Waals surface area (Å²) >= 11 is 0.914. The van der Waals surface area contributed by atoms with E-state index in [0.717, 1.165) is 11.3 Å². The molecule has 1 fully saturated rings. The molecular weight excluding hydrogens is 256 g/mol. The molecule has 18 heavy (non-hydrogen) atoms. The maximum Gasteiger partial charge on any atom is 0.324 e. The first-order valence-electron chi connectivity index (χ1n) is 5.66. The van der Waals surface area contributed by atoms with Crippen LogP contribution in [-0.2, 0) is 4.74 Å². The number of ether oxygens (including phenoxy) is 1. The fraction of sp³-hybridized carbons (Fsp3) is 0.545. The average Bonchev–Trinajstić information content (AvgIpc) is 2.75. The number of amides is 1. The second kappa shape index (κ2) is 5.03. The molecule has 0 aliphatic carbocycles. The molecular formula is C11H14N2O4S. The molecule has 1 amide bonds. The van der Waals surface area contributed by atoms with Crippen molar-refractivity contribution < 1.29 is 14.5 Å². The van der Waals surface area contributed by atoms with Crippen LogP contribution in [-0.4, -0.2) is 41.0 Å². The molecule has 1 aromatic rings. The topological polar surface area (TPSA) is 72.7 Å². The van der Waals surface area contributed by atoms with Crippen LogP contribution in [0, 0.1) is 10.1 Å². The monoisotopic (exact) mass is 270 g/mol. The molecule has 1 aliphatic rings. The first-order chi connectivity index (χ1) is 8.47. The first-order valence-corrected chi connectivity index (χ1v) is 6.48. The number of hydrogen-bond donors (Lipinski definition) is 0. The Bertz CT molecular complexity index is 463. The quantitative estimate of drug-likeness (QED) is 0.608. The summed E-state index contributed by atoms with van der Waals surface area (Å²) in [5.41, 5.74) is 0. The van der Waals surface area contributed by atoms with E-state index in [0.29, 0.717) is 18.0 Å². The fourth-order valence-electron chi connectivity index (χ4n) is 2.04. The van der Waals surface area contributed by atoms with Gasteiger partial charge in [-0.1, -0.05) is 11.3 Å². The number of hydrogen-bond acceptors (Lipinski definition) is 5. The summed E-state index contributed by atoms with van der Waals surface area (Å²) in [6.45, 7) is 4.86. The van der Waals surface area contributed by atoms with Crippen molar-refractivity contribution in [2.45, 2.75) is 26.1 Å². The Morgan fingerprint density at radius 1 is 1.44 bits per heavy atom. The Morgan fingerprint density at radius 3 is 2.56 bits per heavy atom. The summed E-state index contributed by atoms with van der Waals surface area (Å²) in [5, 5.41) is 10.6. The Hall–Kier alpha value is -1.47. The molecule has 7 heteroatoms. The fourth-order valence-corrected chi connectivity index (χ4v) is 2.83. The Morgan fingerprint density at radius 2 is 2.06 bits per heavy atom. The van der Waals surface area contributed by atoms with E-state index in [1.165, 1.54) is 12.1 Å². The van der Waals surface area contributed by atoms with Gasteiger partial charge in [-0.25, -0.2) is 0 Å². The molecule has 0 unspecified atom stereocenters. The standard InChI is InChI=1S/C11H14N2O4S/c1-7-5-12(6-8(2)17-7)11(14)9-3-4-10(18-9)13(15)16/h3-4,7-8H,5-6H2,1-2H3/t7-,8+. The number of rotatable bonds is 2. The van der Waals surface area contributed by atoms with Gasteiger partial charge in [0.15, 0.2) is 0 Å². The molecule has 2 heterocycles. The summed E-state index contributed by atoms with van der Waals surface area (Å²) in [6.07, 6.45) is -0.0136. The van der Waals surface area contributed by atoms with Gasteiger partial charge in [0.2, 0.25) is 0 Å². The molecule has 0 spiro atoms. The number of thiophene rings is 1. The Kier molecular flexibility index (Phi) is 3.63. The molecule has 6 nitrogen and oxygen atoms in total. The van der Waals surface area contributed by atoms with Crippen LogP contribution in [0.5, 0.6) is 0 Å². The van der Waals surface area contributed by atoms with Crippen LogP contribution in [0.25, 0.3) is 0 Å². The van der Waals surface area contributed by atoms with Gasteiger partial charge in [-0.05, 0) is 19.9 Å². The van der Waals surface area contributed by atoms with Crippen molar-refractivity contribution in [2.75, 3.05) is 13.1 Å². The van der Waals surface area contributed by atoms with E-state index in [4.69, 9.17) is 4.74 Å². The highest BCUT2D eigenvalue weighted by atomic mass is 32.1. The zero-order chi connectivity index (χ0) is 13.3. The zero-order valence-electron chi connectivity index (χ0n) is 10.2. The van der Waals surface area contributed by atoms with Gasteiger partial charge in [-0.15, -0.1) is 0 Å². The predicted molar refractivity (Wildman–Crippen MR) is 66.9 cm³/mol. The zero-order valence-corrected chi connectivity index (χ0v) is 11.0. The highest BCUT2D eigenvalue weighted by molar-refractivity contribution is 7.17. The molecule has 2 rings (SSSR count). The molecule has 1 aromatic heterocycles. The van der Waals surface area contributed by atoms with Crippen molar-refractivity contribution in [3.05, 3.63) is 27.1 Å². The highest BCUT2D eigenvalue weighted by Gasteiger charge is 2.28. The highest BCUT2D eigenvalue weighted by Crippen LogP contribution is 2.26. The van der Waals surface area contributed by atoms with Crippen molar-refractivity contribution >= 4 is 22.2 Å². The maximum atomic E-state index is 12.2. The van der Waals surface area contributed by atoms with E-state index >= 15 is 0 Å². The minimum atomic E-state index is -0.480. The van der Waals surface area contributed by atoms with E-state index in [1.807, 2.05) is 13.8 Å². The third kappa shape index (κ3) is 2.68. The third-order valence-electron chi connectivity index (χ3n) is 2.69. The smallest absolute Gasteiger partial charge is 0.324 e. The average molecular weight is 270 g/mol. The van der Waals surface area contributed by atoms with Gasteiger partial charge in [0.05, 0.1) is 22.0 Å². The van der Waals surface area contributed by atoms with Crippen molar-refractivity contribution in [3.63, 3.8) is 0 Å². The largest absolute Gasteiger partial charge is 0.372 e. The van der Waals surface area contributed by atoms with Gasteiger partial charge in [-0.2, -0.15) is 0 Å². The lowest BCUT2D eigenvalue weighted by Crippen LogP contribution is -2.48. The summed E-state index contributed by atoms with van der Waals surface area (Å²) in [6, 6.07) is 2.88. The first kappa shape index (κ1) is 13.0. The van der Waals surface area contributed by atoms with Crippen molar-refractivity contribution in [1.29, 1.82) is 0 Å². The molecule has 0 aromatic carbocycles. The lowest BCUT2D eigenvalue weighted by atomic mass is 10.2. The van der Waals surface area contributed by atoms with E-state index in [9.17, 15) is 14.9 Å². The van der Waals surface area contributed by atoms with Gasteiger partial charge in [-0.3, -0.25) is 14.9 Å². The third-order valence-corrected chi connectivity index (χ3v) is 3.71. The molecule has 1 saturated heterocycles. The van der Waals surface area contributed by atoms with Crippen LogP contribution in [0.4, 0.5) is 5.00 Å². The normalized spacial score (nSPS) is 24.0. The van der Waals surface area contributed by atoms with Crippen LogP contribution in [0.15, 0.2) is 12.1 Å². The second-order valence-corrected chi connectivity index (χ2v) is 5.42. The lowest BCUT2D eigenvalue weighted by molar-refractivity contribution is -0.380. The van der Waals surface area contributed by atoms with E-state index < -0.39 is 4.92 Å². The SMILES string of the molecule is C[C@@H]1CN(C(=O)c2ccc([N+](=O)[O-])s2)C[C@H](C)O1. The number of carbonyl (C=O) groups excluding carboxylic acids is 1. The molecule has 98 valence electrons. The molecule has 1 aliphatic heterocycles. The van der Waals surface area contributed by atoms with Crippen LogP contribution in [0.3, 0.4) is 0 Å². The van der Waals surface area contributed by atoms with E-state index in [-0.39, 0.29) is 23.1 Å².